The lowest BCUT2D eigenvalue weighted by molar-refractivity contribution is -0.114. The van der Waals surface area contributed by atoms with E-state index < -0.39 is 0 Å². The van der Waals surface area contributed by atoms with Gasteiger partial charge < -0.3 is 5.32 Å². The molecular formula is C12H19N3O2. The molecule has 1 heterocycles. The van der Waals surface area contributed by atoms with Gasteiger partial charge in [0.05, 0.1) is 5.69 Å². The van der Waals surface area contributed by atoms with Gasteiger partial charge >= 0.3 is 0 Å². The Morgan fingerprint density at radius 3 is 2.12 bits per heavy atom. The van der Waals surface area contributed by atoms with Crippen molar-refractivity contribution in [2.24, 2.45) is 0 Å². The lowest BCUT2D eigenvalue weighted by Crippen LogP contribution is -2.17. The summed E-state index contributed by atoms with van der Waals surface area (Å²) in [5.74, 6) is 0.0400. The molecule has 5 nitrogen and oxygen atoms in total. The number of rotatable bonds is 1. The van der Waals surface area contributed by atoms with Crippen LogP contribution >= 0.6 is 0 Å². The van der Waals surface area contributed by atoms with Crippen LogP contribution in [0.25, 0.3) is 0 Å². The van der Waals surface area contributed by atoms with Crippen LogP contribution in [0.3, 0.4) is 0 Å². The molecule has 0 aliphatic heterocycles. The number of aromatic nitrogens is 2. The van der Waals surface area contributed by atoms with E-state index in [4.69, 9.17) is 0 Å². The first kappa shape index (κ1) is 13.4. The summed E-state index contributed by atoms with van der Waals surface area (Å²) in [7, 11) is 0. The van der Waals surface area contributed by atoms with E-state index in [1.165, 1.54) is 18.5 Å². The van der Waals surface area contributed by atoms with E-state index in [0.29, 0.717) is 5.82 Å². The summed E-state index contributed by atoms with van der Waals surface area (Å²) in [5.41, 5.74) is 1.48. The van der Waals surface area contributed by atoms with E-state index in [2.05, 4.69) is 10.4 Å². The third-order valence-corrected chi connectivity index (χ3v) is 2.43. The number of anilines is 1. The van der Waals surface area contributed by atoms with E-state index >= 15 is 0 Å². The van der Waals surface area contributed by atoms with Crippen LogP contribution in [0, 0.1) is 6.92 Å². The summed E-state index contributed by atoms with van der Waals surface area (Å²) in [5, 5.41) is 6.94. The average Bonchev–Trinajstić information content (AvgIpc) is 2.42. The van der Waals surface area contributed by atoms with Gasteiger partial charge in [0, 0.05) is 24.8 Å². The Morgan fingerprint density at radius 2 is 1.76 bits per heavy atom. The summed E-state index contributed by atoms with van der Waals surface area (Å²) in [6, 6.07) is 0. The molecule has 0 saturated heterocycles. The third kappa shape index (κ3) is 2.72. The molecule has 0 unspecified atom stereocenters. The number of hydrogen-bond acceptors (Lipinski definition) is 3. The lowest BCUT2D eigenvalue weighted by Gasteiger charge is -2.16. The maximum Gasteiger partial charge on any atom is 0.245 e. The molecule has 0 atom stereocenters. The highest BCUT2D eigenvalue weighted by atomic mass is 16.2. The predicted molar refractivity (Wildman–Crippen MR) is 66.3 cm³/mol. The molecule has 1 rings (SSSR count). The molecule has 5 heteroatoms. The molecule has 94 valence electrons. The zero-order valence-electron chi connectivity index (χ0n) is 11.2. The topological polar surface area (TPSA) is 64.0 Å². The Morgan fingerprint density at radius 1 is 1.24 bits per heavy atom. The fourth-order valence-corrected chi connectivity index (χ4v) is 1.75. The second-order valence-electron chi connectivity index (χ2n) is 5.18. The van der Waals surface area contributed by atoms with Gasteiger partial charge in [-0.2, -0.15) is 9.78 Å². The number of carbonyl (C=O) groups is 2. The van der Waals surface area contributed by atoms with E-state index in [0.717, 1.165) is 11.3 Å². The van der Waals surface area contributed by atoms with E-state index in [1.54, 1.807) is 0 Å². The van der Waals surface area contributed by atoms with Crippen molar-refractivity contribution in [3.8, 4) is 0 Å². The normalized spacial score (nSPS) is 11.4. The van der Waals surface area contributed by atoms with Gasteiger partial charge in [0.25, 0.3) is 0 Å². The smallest absolute Gasteiger partial charge is 0.245 e. The van der Waals surface area contributed by atoms with Crippen molar-refractivity contribution in [2.45, 2.75) is 47.0 Å². The zero-order chi connectivity index (χ0) is 13.4. The fraction of sp³-hybridized carbons (Fsp3) is 0.583. The van der Waals surface area contributed by atoms with Crippen LogP contribution in [0.4, 0.5) is 5.82 Å². The minimum absolute atomic E-state index is 0.169. The molecule has 1 N–H and O–H groups in total. The second-order valence-corrected chi connectivity index (χ2v) is 5.18. The van der Waals surface area contributed by atoms with Crippen molar-refractivity contribution >= 4 is 17.6 Å². The van der Waals surface area contributed by atoms with Gasteiger partial charge in [-0.25, -0.2) is 0 Å². The molecular weight excluding hydrogens is 218 g/mol. The first-order valence-electron chi connectivity index (χ1n) is 5.53. The van der Waals surface area contributed by atoms with Gasteiger partial charge in [0.2, 0.25) is 11.8 Å². The number of nitrogens with zero attached hydrogens (tertiary/aromatic N) is 2. The molecule has 0 aliphatic carbocycles. The number of hydrogen-bond donors (Lipinski definition) is 1. The van der Waals surface area contributed by atoms with Crippen LogP contribution in [0.1, 0.15) is 50.7 Å². The fourth-order valence-electron chi connectivity index (χ4n) is 1.75. The van der Waals surface area contributed by atoms with Crippen LogP contribution in [0.5, 0.6) is 0 Å². The van der Waals surface area contributed by atoms with Gasteiger partial charge in [-0.1, -0.05) is 20.8 Å². The molecule has 0 aromatic carbocycles. The quantitative estimate of drug-likeness (QED) is 0.813. The molecule has 0 spiro atoms. The largest absolute Gasteiger partial charge is 0.311 e. The Hall–Kier alpha value is -1.65. The van der Waals surface area contributed by atoms with Crippen molar-refractivity contribution < 1.29 is 9.59 Å². The summed E-state index contributed by atoms with van der Waals surface area (Å²) < 4.78 is 1.25. The van der Waals surface area contributed by atoms with Crippen LogP contribution in [0.15, 0.2) is 0 Å². The van der Waals surface area contributed by atoms with Crippen LogP contribution in [-0.4, -0.2) is 21.6 Å². The molecule has 0 saturated carbocycles. The van der Waals surface area contributed by atoms with Crippen molar-refractivity contribution in [3.05, 3.63) is 11.3 Å². The maximum atomic E-state index is 11.5. The zero-order valence-corrected chi connectivity index (χ0v) is 11.2. The first-order chi connectivity index (χ1) is 7.64. The van der Waals surface area contributed by atoms with Crippen molar-refractivity contribution in [1.82, 2.24) is 9.78 Å². The summed E-state index contributed by atoms with van der Waals surface area (Å²) in [4.78, 5) is 22.6. The Bertz CT molecular complexity index is 467. The minimum atomic E-state index is -0.215. The Labute approximate surface area is 101 Å². The van der Waals surface area contributed by atoms with Crippen LogP contribution < -0.4 is 5.32 Å². The van der Waals surface area contributed by atoms with Gasteiger partial charge in [0.1, 0.15) is 5.82 Å². The highest BCUT2D eigenvalue weighted by Gasteiger charge is 2.25. The van der Waals surface area contributed by atoms with Crippen LogP contribution in [-0.2, 0) is 10.2 Å². The molecule has 17 heavy (non-hydrogen) atoms. The standard InChI is InChI=1S/C12H19N3O2/c1-7-10(12(4,5)6)14-15(9(3)17)11(7)13-8(2)16/h1-6H3,(H,13,16). The number of nitrogens with one attached hydrogen (secondary N) is 1. The maximum absolute atomic E-state index is 11.5. The minimum Gasteiger partial charge on any atom is -0.311 e. The summed E-state index contributed by atoms with van der Waals surface area (Å²) in [6.07, 6.45) is 0. The lowest BCUT2D eigenvalue weighted by atomic mass is 9.90. The van der Waals surface area contributed by atoms with E-state index in [9.17, 15) is 9.59 Å². The molecule has 1 aromatic rings. The van der Waals surface area contributed by atoms with Crippen molar-refractivity contribution in [2.75, 3.05) is 5.32 Å². The second kappa shape index (κ2) is 4.31. The highest BCUT2D eigenvalue weighted by Crippen LogP contribution is 2.29. The molecule has 0 aliphatic rings. The van der Waals surface area contributed by atoms with E-state index in [1.807, 2.05) is 27.7 Å². The highest BCUT2D eigenvalue weighted by molar-refractivity contribution is 5.91. The number of amides is 1. The molecule has 1 amide bonds. The first-order valence-corrected chi connectivity index (χ1v) is 5.53. The average molecular weight is 237 g/mol. The predicted octanol–water partition coefficient (Wildman–Crippen LogP) is 2.11. The summed E-state index contributed by atoms with van der Waals surface area (Å²) in [6.45, 7) is 10.7. The van der Waals surface area contributed by atoms with E-state index in [-0.39, 0.29) is 17.2 Å². The van der Waals surface area contributed by atoms with Crippen LogP contribution in [0.2, 0.25) is 0 Å². The number of carbonyl (C=O) groups excluding carboxylic acids is 2. The van der Waals surface area contributed by atoms with Crippen molar-refractivity contribution in [3.63, 3.8) is 0 Å². The molecule has 0 radical (unpaired) electrons. The monoisotopic (exact) mass is 237 g/mol. The van der Waals surface area contributed by atoms with Gasteiger partial charge in [-0.15, -0.1) is 0 Å². The SMILES string of the molecule is CC(=O)Nc1c(C)c(C(C)(C)C)nn1C(C)=O. The Balaban J connectivity index is 3.40. The molecule has 1 aromatic heterocycles. The molecule has 0 fully saturated rings. The summed E-state index contributed by atoms with van der Waals surface area (Å²) >= 11 is 0. The third-order valence-electron chi connectivity index (χ3n) is 2.43. The molecule has 0 bridgehead atoms. The van der Waals surface area contributed by atoms with Gasteiger partial charge in [0.15, 0.2) is 0 Å². The van der Waals surface area contributed by atoms with Crippen molar-refractivity contribution in [1.29, 1.82) is 0 Å². The van der Waals surface area contributed by atoms with Gasteiger partial charge in [-0.05, 0) is 6.92 Å². The Kier molecular flexibility index (Phi) is 3.40. The van der Waals surface area contributed by atoms with Gasteiger partial charge in [-0.3, -0.25) is 9.59 Å².